The van der Waals surface area contributed by atoms with Crippen LogP contribution in [0.3, 0.4) is 0 Å². The number of esters is 2. The Labute approximate surface area is 127 Å². The highest BCUT2D eigenvalue weighted by Crippen LogP contribution is 2.01. The Morgan fingerprint density at radius 3 is 2.64 bits per heavy atom. The van der Waals surface area contributed by atoms with E-state index in [9.17, 15) is 9.59 Å². The quantitative estimate of drug-likeness (QED) is 0.688. The van der Waals surface area contributed by atoms with E-state index in [1.165, 1.54) is 0 Å². The minimum Gasteiger partial charge on any atom is -0.466 e. The molecule has 0 fully saturated rings. The predicted molar refractivity (Wildman–Crippen MR) is 74.4 cm³/mol. The molecule has 8 heteroatoms. The lowest BCUT2D eigenvalue weighted by atomic mass is 10.2. The highest BCUT2D eigenvalue weighted by atomic mass is 16.5. The lowest BCUT2D eigenvalue weighted by molar-refractivity contribution is -0.146. The number of ether oxygens (including phenoxy) is 2. The number of aromatic nitrogens is 4. The Morgan fingerprint density at radius 2 is 1.91 bits per heavy atom. The third kappa shape index (κ3) is 4.97. The largest absolute Gasteiger partial charge is 0.466 e. The zero-order valence-corrected chi connectivity index (χ0v) is 12.1. The Bertz CT molecular complexity index is 627. The van der Waals surface area contributed by atoms with Gasteiger partial charge in [0.2, 0.25) is 0 Å². The maximum absolute atomic E-state index is 11.7. The fraction of sp³-hybridized carbons (Fsp3) is 0.357. The summed E-state index contributed by atoms with van der Waals surface area (Å²) >= 11 is 0. The molecule has 22 heavy (non-hydrogen) atoms. The van der Waals surface area contributed by atoms with Crippen molar-refractivity contribution in [2.75, 3.05) is 6.61 Å². The predicted octanol–water partition coefficient (Wildman–Crippen LogP) is 0.522. The summed E-state index contributed by atoms with van der Waals surface area (Å²) in [5.41, 5.74) is 0.894. The number of carbonyl (C=O) groups excluding carboxylic acids is 2. The monoisotopic (exact) mass is 304 g/mol. The molecule has 1 aromatic heterocycles. The van der Waals surface area contributed by atoms with Gasteiger partial charge in [0.05, 0.1) is 6.61 Å². The van der Waals surface area contributed by atoms with Crippen LogP contribution in [0.25, 0.3) is 0 Å². The molecule has 0 spiro atoms. The molecule has 0 aliphatic rings. The van der Waals surface area contributed by atoms with Crippen LogP contribution in [0.1, 0.15) is 18.3 Å². The summed E-state index contributed by atoms with van der Waals surface area (Å²) in [5.74, 6) is -0.716. The number of tetrazole rings is 1. The van der Waals surface area contributed by atoms with Crippen molar-refractivity contribution in [3.63, 3.8) is 0 Å². The SMILES string of the molecule is CCOC(=O)Cc1nnn(CC(=O)OCc2ccccc2)n1. The standard InChI is InChI=1S/C14H16N4O4/c1-2-21-13(19)8-12-15-17-18(16-12)9-14(20)22-10-11-6-4-3-5-7-11/h3-7H,2,8-10H2,1H3. The maximum atomic E-state index is 11.7. The normalized spacial score (nSPS) is 10.2. The first-order valence-electron chi connectivity index (χ1n) is 6.79. The van der Waals surface area contributed by atoms with Crippen LogP contribution in [0.15, 0.2) is 30.3 Å². The van der Waals surface area contributed by atoms with Crippen molar-refractivity contribution < 1.29 is 19.1 Å². The second-order valence-electron chi connectivity index (χ2n) is 4.36. The molecule has 8 nitrogen and oxygen atoms in total. The van der Waals surface area contributed by atoms with E-state index in [1.807, 2.05) is 30.3 Å². The van der Waals surface area contributed by atoms with E-state index in [0.717, 1.165) is 10.4 Å². The van der Waals surface area contributed by atoms with Gasteiger partial charge in [0.1, 0.15) is 13.0 Å². The van der Waals surface area contributed by atoms with Crippen molar-refractivity contribution in [1.82, 2.24) is 20.2 Å². The average Bonchev–Trinajstić information content (AvgIpc) is 2.93. The summed E-state index contributed by atoms with van der Waals surface area (Å²) in [6.45, 7) is 2.02. The summed E-state index contributed by atoms with van der Waals surface area (Å²) in [4.78, 5) is 24.0. The van der Waals surface area contributed by atoms with Crippen LogP contribution in [-0.4, -0.2) is 38.8 Å². The van der Waals surface area contributed by atoms with Gasteiger partial charge in [-0.15, -0.1) is 10.2 Å². The minimum absolute atomic E-state index is 0.0765. The van der Waals surface area contributed by atoms with Crippen molar-refractivity contribution >= 4 is 11.9 Å². The molecule has 0 aliphatic heterocycles. The van der Waals surface area contributed by atoms with E-state index in [0.29, 0.717) is 6.61 Å². The fourth-order valence-electron chi connectivity index (χ4n) is 1.65. The molecule has 0 atom stereocenters. The lowest BCUT2D eigenvalue weighted by Gasteiger charge is -2.03. The smallest absolute Gasteiger partial charge is 0.330 e. The molecule has 0 radical (unpaired) electrons. The van der Waals surface area contributed by atoms with Crippen molar-refractivity contribution in [2.24, 2.45) is 0 Å². The van der Waals surface area contributed by atoms with Gasteiger partial charge < -0.3 is 9.47 Å². The van der Waals surface area contributed by atoms with Crippen molar-refractivity contribution in [2.45, 2.75) is 26.5 Å². The Balaban J connectivity index is 1.79. The lowest BCUT2D eigenvalue weighted by Crippen LogP contribution is -2.16. The molecule has 1 aromatic carbocycles. The Kier molecular flexibility index (Phi) is 5.58. The summed E-state index contributed by atoms with van der Waals surface area (Å²) in [6, 6.07) is 9.33. The summed E-state index contributed by atoms with van der Waals surface area (Å²) in [5, 5.41) is 11.3. The number of nitrogens with zero attached hydrogens (tertiary/aromatic N) is 4. The van der Waals surface area contributed by atoms with E-state index >= 15 is 0 Å². The highest BCUT2D eigenvalue weighted by molar-refractivity contribution is 5.71. The van der Waals surface area contributed by atoms with Crippen LogP contribution in [0.4, 0.5) is 0 Å². The van der Waals surface area contributed by atoms with E-state index in [2.05, 4.69) is 15.4 Å². The van der Waals surface area contributed by atoms with E-state index in [4.69, 9.17) is 9.47 Å². The number of rotatable bonds is 7. The summed E-state index contributed by atoms with van der Waals surface area (Å²) < 4.78 is 9.88. The Morgan fingerprint density at radius 1 is 1.14 bits per heavy atom. The average molecular weight is 304 g/mol. The third-order valence-corrected chi connectivity index (χ3v) is 2.62. The minimum atomic E-state index is -0.482. The van der Waals surface area contributed by atoms with Crippen molar-refractivity contribution in [3.05, 3.63) is 41.7 Å². The first kappa shape index (κ1) is 15.6. The molecule has 0 saturated carbocycles. The van der Waals surface area contributed by atoms with Crippen LogP contribution in [0.5, 0.6) is 0 Å². The molecular formula is C14H16N4O4. The van der Waals surface area contributed by atoms with Gasteiger partial charge in [0.25, 0.3) is 0 Å². The van der Waals surface area contributed by atoms with Crippen LogP contribution in [0.2, 0.25) is 0 Å². The second kappa shape index (κ2) is 7.87. The van der Waals surface area contributed by atoms with Gasteiger partial charge in [-0.1, -0.05) is 30.3 Å². The fourth-order valence-corrected chi connectivity index (χ4v) is 1.65. The maximum Gasteiger partial charge on any atom is 0.330 e. The number of benzene rings is 1. The van der Waals surface area contributed by atoms with E-state index in [1.54, 1.807) is 6.92 Å². The van der Waals surface area contributed by atoms with Crippen molar-refractivity contribution in [1.29, 1.82) is 0 Å². The number of carbonyl (C=O) groups is 2. The van der Waals surface area contributed by atoms with Gasteiger partial charge in [-0.3, -0.25) is 4.79 Å². The zero-order chi connectivity index (χ0) is 15.8. The topological polar surface area (TPSA) is 96.2 Å². The van der Waals surface area contributed by atoms with Gasteiger partial charge in [0, 0.05) is 0 Å². The van der Waals surface area contributed by atoms with E-state index < -0.39 is 11.9 Å². The van der Waals surface area contributed by atoms with Gasteiger partial charge in [-0.05, 0) is 17.7 Å². The molecule has 0 N–H and O–H groups in total. The van der Waals surface area contributed by atoms with Crippen LogP contribution in [0, 0.1) is 0 Å². The van der Waals surface area contributed by atoms with E-state index in [-0.39, 0.29) is 25.4 Å². The molecule has 0 bridgehead atoms. The molecule has 2 aromatic rings. The first-order chi connectivity index (χ1) is 10.7. The molecule has 0 saturated heterocycles. The molecular weight excluding hydrogens is 288 g/mol. The van der Waals surface area contributed by atoms with Crippen molar-refractivity contribution in [3.8, 4) is 0 Å². The molecule has 0 unspecified atom stereocenters. The zero-order valence-electron chi connectivity index (χ0n) is 12.1. The summed E-state index contributed by atoms with van der Waals surface area (Å²) in [7, 11) is 0. The molecule has 116 valence electrons. The Hall–Kier alpha value is -2.77. The summed E-state index contributed by atoms with van der Waals surface area (Å²) in [6.07, 6.45) is -0.0765. The second-order valence-corrected chi connectivity index (χ2v) is 4.36. The van der Waals surface area contributed by atoms with Gasteiger partial charge >= 0.3 is 11.9 Å². The van der Waals surface area contributed by atoms with Gasteiger partial charge in [0.15, 0.2) is 12.4 Å². The van der Waals surface area contributed by atoms with Crippen LogP contribution >= 0.6 is 0 Å². The van der Waals surface area contributed by atoms with Gasteiger partial charge in [-0.25, -0.2) is 4.79 Å². The number of hydrogen-bond donors (Lipinski definition) is 0. The highest BCUT2D eigenvalue weighted by Gasteiger charge is 2.12. The number of hydrogen-bond acceptors (Lipinski definition) is 7. The molecule has 2 rings (SSSR count). The molecule has 1 heterocycles. The molecule has 0 aliphatic carbocycles. The van der Waals surface area contributed by atoms with Crippen LogP contribution in [-0.2, 0) is 38.6 Å². The first-order valence-corrected chi connectivity index (χ1v) is 6.79. The third-order valence-electron chi connectivity index (χ3n) is 2.62. The van der Waals surface area contributed by atoms with Gasteiger partial charge in [-0.2, -0.15) is 4.80 Å². The van der Waals surface area contributed by atoms with Crippen LogP contribution < -0.4 is 0 Å². The molecule has 0 amide bonds.